The maximum absolute atomic E-state index is 12.0. The summed E-state index contributed by atoms with van der Waals surface area (Å²) < 4.78 is 27.5. The van der Waals surface area contributed by atoms with Crippen LogP contribution in [0.3, 0.4) is 0 Å². The summed E-state index contributed by atoms with van der Waals surface area (Å²) in [7, 11) is 1.25. The number of hydrogen-bond donors (Lipinski definition) is 0. The third kappa shape index (κ3) is 3.46. The number of rotatable bonds is 5. The Morgan fingerprint density at radius 2 is 1.16 bits per heavy atom. The summed E-state index contributed by atoms with van der Waals surface area (Å²) in [5.41, 5.74) is 0. The molecule has 5 heteroatoms. The van der Waals surface area contributed by atoms with Crippen molar-refractivity contribution in [1.29, 1.82) is 0 Å². The molecule has 0 bridgehead atoms. The zero-order valence-electron chi connectivity index (χ0n) is 10.7. The van der Waals surface area contributed by atoms with Crippen molar-refractivity contribution in [3.8, 4) is 17.2 Å². The average Bonchev–Trinajstić information content (AvgIpc) is 2.48. The molecule has 2 aromatic rings. The van der Waals surface area contributed by atoms with E-state index in [9.17, 15) is 4.57 Å². The molecule has 4 nitrogen and oxygen atoms in total. The molecule has 0 aliphatic carbocycles. The minimum atomic E-state index is -1.93. The van der Waals surface area contributed by atoms with Crippen LogP contribution >= 0.6 is 8.03 Å². The van der Waals surface area contributed by atoms with Crippen molar-refractivity contribution >= 4 is 13.3 Å². The Kier molecular flexibility index (Phi) is 4.37. The molecule has 0 spiro atoms. The van der Waals surface area contributed by atoms with Crippen molar-refractivity contribution in [3.63, 3.8) is 0 Å². The molecule has 0 N–H and O–H groups in total. The maximum Gasteiger partial charge on any atom is 0.597 e. The lowest BCUT2D eigenvalue weighted by Crippen LogP contribution is -1.99. The fourth-order valence-electron chi connectivity index (χ4n) is 1.49. The SMILES string of the molecule is COc1ccc(O[P+](=O)c2ccc(OC)cc2)cc1. The van der Waals surface area contributed by atoms with Gasteiger partial charge in [0.1, 0.15) is 11.5 Å². The van der Waals surface area contributed by atoms with Gasteiger partial charge >= 0.3 is 8.03 Å². The number of hydrogen-bond acceptors (Lipinski definition) is 4. The van der Waals surface area contributed by atoms with Gasteiger partial charge in [-0.15, -0.1) is 0 Å². The molecule has 0 saturated heterocycles. The summed E-state index contributed by atoms with van der Waals surface area (Å²) in [6.07, 6.45) is 0. The first-order valence-electron chi connectivity index (χ1n) is 5.66. The van der Waals surface area contributed by atoms with E-state index in [1.54, 1.807) is 62.8 Å². The van der Waals surface area contributed by atoms with Crippen molar-refractivity contribution in [3.05, 3.63) is 48.5 Å². The van der Waals surface area contributed by atoms with Crippen LogP contribution in [-0.4, -0.2) is 14.2 Å². The highest BCUT2D eigenvalue weighted by Gasteiger charge is 2.23. The lowest BCUT2D eigenvalue weighted by Gasteiger charge is -1.99. The van der Waals surface area contributed by atoms with E-state index >= 15 is 0 Å². The quantitative estimate of drug-likeness (QED) is 0.787. The molecule has 0 aliphatic heterocycles. The predicted octanol–water partition coefficient (Wildman–Crippen LogP) is 3.15. The van der Waals surface area contributed by atoms with Crippen LogP contribution in [0.25, 0.3) is 0 Å². The van der Waals surface area contributed by atoms with Crippen LogP contribution in [0.15, 0.2) is 48.5 Å². The van der Waals surface area contributed by atoms with Crippen LogP contribution in [0.4, 0.5) is 0 Å². The lowest BCUT2D eigenvalue weighted by atomic mass is 10.3. The van der Waals surface area contributed by atoms with Gasteiger partial charge in [-0.25, -0.2) is 0 Å². The zero-order chi connectivity index (χ0) is 13.7. The van der Waals surface area contributed by atoms with Gasteiger partial charge in [0.05, 0.1) is 14.2 Å². The summed E-state index contributed by atoms with van der Waals surface area (Å²) in [6.45, 7) is 0. The molecule has 0 heterocycles. The minimum Gasteiger partial charge on any atom is -0.497 e. The van der Waals surface area contributed by atoms with Crippen LogP contribution in [-0.2, 0) is 4.57 Å². The van der Waals surface area contributed by atoms with Gasteiger partial charge in [0.25, 0.3) is 0 Å². The molecule has 2 rings (SSSR count). The Morgan fingerprint density at radius 3 is 1.63 bits per heavy atom. The van der Waals surface area contributed by atoms with Crippen LogP contribution in [0.2, 0.25) is 0 Å². The van der Waals surface area contributed by atoms with E-state index in [0.29, 0.717) is 11.1 Å². The van der Waals surface area contributed by atoms with Gasteiger partial charge in [0, 0.05) is 0 Å². The van der Waals surface area contributed by atoms with Gasteiger partial charge in [0.15, 0.2) is 5.75 Å². The lowest BCUT2D eigenvalue weighted by molar-refractivity contribution is 0.414. The summed E-state index contributed by atoms with van der Waals surface area (Å²) >= 11 is 0. The largest absolute Gasteiger partial charge is 0.597 e. The van der Waals surface area contributed by atoms with E-state index in [4.69, 9.17) is 14.0 Å². The molecule has 19 heavy (non-hydrogen) atoms. The van der Waals surface area contributed by atoms with Gasteiger partial charge in [-0.2, -0.15) is 0 Å². The number of benzene rings is 2. The summed E-state index contributed by atoms with van der Waals surface area (Å²) in [5, 5.41) is 0.617. The second-order valence-electron chi connectivity index (χ2n) is 3.72. The first-order chi connectivity index (χ1) is 9.22. The fraction of sp³-hybridized carbons (Fsp3) is 0.143. The molecule has 98 valence electrons. The summed E-state index contributed by atoms with van der Waals surface area (Å²) in [5.74, 6) is 1.99. The van der Waals surface area contributed by atoms with Gasteiger partial charge in [-0.05, 0) is 53.1 Å². The summed E-state index contributed by atoms with van der Waals surface area (Å²) in [4.78, 5) is 0. The van der Waals surface area contributed by atoms with E-state index < -0.39 is 8.03 Å². The Hall–Kier alpha value is -2.06. The normalized spacial score (nSPS) is 10.7. The maximum atomic E-state index is 12.0. The standard InChI is InChI=1S/C14H14O4P/c1-16-11-3-5-13(6-4-11)18-19(15)14-9-7-12(17-2)8-10-14/h3-10H,1-2H3/q+1. The molecule has 1 atom stereocenters. The van der Waals surface area contributed by atoms with Crippen LogP contribution < -0.4 is 19.3 Å². The molecule has 2 aromatic carbocycles. The number of methoxy groups -OCH3 is 2. The Labute approximate surface area is 112 Å². The van der Waals surface area contributed by atoms with E-state index in [1.807, 2.05) is 0 Å². The smallest absolute Gasteiger partial charge is 0.497 e. The van der Waals surface area contributed by atoms with E-state index in [2.05, 4.69) is 0 Å². The zero-order valence-corrected chi connectivity index (χ0v) is 11.6. The van der Waals surface area contributed by atoms with Gasteiger partial charge in [0.2, 0.25) is 5.30 Å². The predicted molar refractivity (Wildman–Crippen MR) is 73.9 cm³/mol. The van der Waals surface area contributed by atoms with E-state index in [1.165, 1.54) is 0 Å². The first kappa shape index (κ1) is 13.4. The van der Waals surface area contributed by atoms with E-state index in [0.717, 1.165) is 11.5 Å². The van der Waals surface area contributed by atoms with Crippen molar-refractivity contribution in [2.45, 2.75) is 0 Å². The van der Waals surface area contributed by atoms with Crippen molar-refractivity contribution in [2.75, 3.05) is 14.2 Å². The average molecular weight is 277 g/mol. The molecular formula is C14H14O4P+. The van der Waals surface area contributed by atoms with Gasteiger partial charge < -0.3 is 9.47 Å². The first-order valence-corrected chi connectivity index (χ1v) is 6.84. The van der Waals surface area contributed by atoms with Gasteiger partial charge in [-0.1, -0.05) is 0 Å². The van der Waals surface area contributed by atoms with E-state index in [-0.39, 0.29) is 0 Å². The molecule has 0 aliphatic rings. The Balaban J connectivity index is 2.06. The highest BCUT2D eigenvalue weighted by Crippen LogP contribution is 2.28. The second kappa shape index (κ2) is 6.21. The summed E-state index contributed by atoms with van der Waals surface area (Å²) in [6, 6.07) is 13.9. The number of ether oxygens (including phenoxy) is 2. The Bertz CT molecular complexity index is 549. The minimum absolute atomic E-state index is 0.540. The molecule has 0 saturated carbocycles. The van der Waals surface area contributed by atoms with Crippen LogP contribution in [0.1, 0.15) is 0 Å². The van der Waals surface area contributed by atoms with Gasteiger partial charge in [-0.3, -0.25) is 4.52 Å². The van der Waals surface area contributed by atoms with Crippen molar-refractivity contribution in [2.24, 2.45) is 0 Å². The second-order valence-corrected chi connectivity index (χ2v) is 4.94. The van der Waals surface area contributed by atoms with Crippen LogP contribution in [0, 0.1) is 0 Å². The topological polar surface area (TPSA) is 44.8 Å². The molecule has 0 amide bonds. The van der Waals surface area contributed by atoms with Crippen molar-refractivity contribution < 1.29 is 18.6 Å². The fourth-order valence-corrected chi connectivity index (χ4v) is 2.30. The Morgan fingerprint density at radius 1 is 0.737 bits per heavy atom. The monoisotopic (exact) mass is 277 g/mol. The van der Waals surface area contributed by atoms with Crippen molar-refractivity contribution in [1.82, 2.24) is 0 Å². The van der Waals surface area contributed by atoms with Crippen LogP contribution in [0.5, 0.6) is 17.2 Å². The third-order valence-corrected chi connectivity index (χ3v) is 3.63. The molecular weight excluding hydrogens is 263 g/mol. The molecule has 0 radical (unpaired) electrons. The third-order valence-electron chi connectivity index (χ3n) is 2.53. The highest BCUT2D eigenvalue weighted by atomic mass is 31.1. The molecule has 0 fully saturated rings. The molecule has 0 aromatic heterocycles. The highest BCUT2D eigenvalue weighted by molar-refractivity contribution is 7.48. The molecule has 1 unspecified atom stereocenters.